The van der Waals surface area contributed by atoms with Gasteiger partial charge in [-0.15, -0.1) is 11.3 Å². The smallest absolute Gasteiger partial charge is 0.141 e. The second kappa shape index (κ2) is 3.34. The van der Waals surface area contributed by atoms with Gasteiger partial charge in [0.05, 0.1) is 18.9 Å². The molecule has 1 aromatic rings. The molecule has 0 aromatic carbocycles. The monoisotopic (exact) mass is 201 g/mol. The molecule has 0 bridgehead atoms. The Hall–Kier alpha value is -0.490. The summed E-state index contributed by atoms with van der Waals surface area (Å²) in [5, 5.41) is 21.2. The predicted molar refractivity (Wildman–Crippen MR) is 47.4 cm³/mol. The summed E-state index contributed by atoms with van der Waals surface area (Å²) in [4.78, 5) is 4.12. The highest BCUT2D eigenvalue weighted by atomic mass is 32.1. The summed E-state index contributed by atoms with van der Waals surface area (Å²) in [5.41, 5.74) is -0.307. The third kappa shape index (κ3) is 1.60. The van der Waals surface area contributed by atoms with Gasteiger partial charge in [-0.2, -0.15) is 0 Å². The van der Waals surface area contributed by atoms with Crippen LogP contribution in [0.25, 0.3) is 0 Å². The molecular weight excluding hydrogens is 190 g/mol. The molecule has 2 heterocycles. The normalized spacial score (nSPS) is 28.2. The first-order valence-electron chi connectivity index (χ1n) is 4.10. The quantitative estimate of drug-likeness (QED) is 0.719. The zero-order valence-electron chi connectivity index (χ0n) is 7.06. The van der Waals surface area contributed by atoms with Crippen LogP contribution in [0.4, 0.5) is 0 Å². The molecule has 1 atom stereocenters. The Kier molecular flexibility index (Phi) is 2.33. The average molecular weight is 201 g/mol. The highest BCUT2D eigenvalue weighted by Gasteiger charge is 2.36. The van der Waals surface area contributed by atoms with Gasteiger partial charge >= 0.3 is 0 Å². The summed E-state index contributed by atoms with van der Waals surface area (Å²) in [5.74, 6) is 0. The van der Waals surface area contributed by atoms with E-state index in [9.17, 15) is 5.11 Å². The van der Waals surface area contributed by atoms with Crippen molar-refractivity contribution in [2.45, 2.75) is 18.6 Å². The van der Waals surface area contributed by atoms with Gasteiger partial charge in [-0.25, -0.2) is 4.98 Å². The predicted octanol–water partition coefficient (Wildman–Crippen LogP) is 0.243. The molecule has 0 saturated carbocycles. The van der Waals surface area contributed by atoms with Crippen LogP contribution in [-0.2, 0) is 16.9 Å². The molecule has 1 aromatic heterocycles. The van der Waals surface area contributed by atoms with Gasteiger partial charge in [0.15, 0.2) is 0 Å². The molecule has 2 rings (SSSR count). The molecule has 72 valence electrons. The lowest BCUT2D eigenvalue weighted by Crippen LogP contribution is -2.25. The van der Waals surface area contributed by atoms with Crippen LogP contribution in [0.1, 0.15) is 17.1 Å². The number of aliphatic hydroxyl groups excluding tert-OH is 1. The third-order valence-corrected chi connectivity index (χ3v) is 3.20. The summed E-state index contributed by atoms with van der Waals surface area (Å²) in [6.07, 6.45) is 0.589. The first-order valence-corrected chi connectivity index (χ1v) is 4.98. The van der Waals surface area contributed by atoms with Gasteiger partial charge in [0.25, 0.3) is 0 Å². The summed E-state index contributed by atoms with van der Waals surface area (Å²) >= 11 is 1.37. The first kappa shape index (κ1) is 9.08. The van der Waals surface area contributed by atoms with E-state index in [4.69, 9.17) is 9.84 Å². The SMILES string of the molecule is OCc1csc(C2(O)CCOC2)n1. The molecule has 0 radical (unpaired) electrons. The molecule has 0 amide bonds. The lowest BCUT2D eigenvalue weighted by atomic mass is 10.1. The average Bonchev–Trinajstić information content (AvgIpc) is 2.72. The highest BCUT2D eigenvalue weighted by Crippen LogP contribution is 2.32. The van der Waals surface area contributed by atoms with Crippen LogP contribution < -0.4 is 0 Å². The maximum absolute atomic E-state index is 10.0. The van der Waals surface area contributed by atoms with Crippen LogP contribution in [0.3, 0.4) is 0 Å². The zero-order valence-corrected chi connectivity index (χ0v) is 7.88. The van der Waals surface area contributed by atoms with Gasteiger partial charge < -0.3 is 14.9 Å². The van der Waals surface area contributed by atoms with E-state index in [1.165, 1.54) is 11.3 Å². The number of aromatic nitrogens is 1. The van der Waals surface area contributed by atoms with Crippen molar-refractivity contribution >= 4 is 11.3 Å². The summed E-state index contributed by atoms with van der Waals surface area (Å²) < 4.78 is 5.11. The summed E-state index contributed by atoms with van der Waals surface area (Å²) in [6.45, 7) is 0.809. The summed E-state index contributed by atoms with van der Waals surface area (Å²) in [6, 6.07) is 0. The van der Waals surface area contributed by atoms with Crippen LogP contribution in [-0.4, -0.2) is 28.4 Å². The van der Waals surface area contributed by atoms with Gasteiger partial charge in [0.1, 0.15) is 10.6 Å². The van der Waals surface area contributed by atoms with Crippen LogP contribution in [0.2, 0.25) is 0 Å². The van der Waals surface area contributed by atoms with Crippen molar-refractivity contribution in [1.29, 1.82) is 0 Å². The number of rotatable bonds is 2. The highest BCUT2D eigenvalue weighted by molar-refractivity contribution is 7.09. The molecule has 1 fully saturated rings. The number of hydrogen-bond acceptors (Lipinski definition) is 5. The topological polar surface area (TPSA) is 62.6 Å². The Morgan fingerprint density at radius 3 is 3.08 bits per heavy atom. The zero-order chi connectivity index (χ0) is 9.31. The minimum absolute atomic E-state index is 0.0760. The van der Waals surface area contributed by atoms with E-state index in [0.29, 0.717) is 30.3 Å². The molecule has 5 heteroatoms. The number of thiazole rings is 1. The van der Waals surface area contributed by atoms with Crippen molar-refractivity contribution in [3.63, 3.8) is 0 Å². The van der Waals surface area contributed by atoms with E-state index in [1.807, 2.05) is 0 Å². The van der Waals surface area contributed by atoms with Crippen LogP contribution in [0.15, 0.2) is 5.38 Å². The van der Waals surface area contributed by atoms with Crippen LogP contribution >= 0.6 is 11.3 Å². The lowest BCUT2D eigenvalue weighted by Gasteiger charge is -2.16. The molecule has 0 spiro atoms. The minimum atomic E-state index is -0.919. The standard InChI is InChI=1S/C8H11NO3S/c10-3-6-4-13-7(9-6)8(11)1-2-12-5-8/h4,10-11H,1-3,5H2. The molecule has 1 aliphatic rings. The van der Waals surface area contributed by atoms with E-state index in [0.717, 1.165) is 0 Å². The van der Waals surface area contributed by atoms with E-state index < -0.39 is 5.60 Å². The van der Waals surface area contributed by atoms with E-state index in [-0.39, 0.29) is 6.61 Å². The number of nitrogens with zero attached hydrogens (tertiary/aromatic N) is 1. The van der Waals surface area contributed by atoms with Crippen molar-refractivity contribution in [2.24, 2.45) is 0 Å². The van der Waals surface area contributed by atoms with Gasteiger partial charge in [-0.1, -0.05) is 0 Å². The summed E-state index contributed by atoms with van der Waals surface area (Å²) in [7, 11) is 0. The lowest BCUT2D eigenvalue weighted by molar-refractivity contribution is 0.0228. The first-order chi connectivity index (χ1) is 6.24. The molecule has 2 N–H and O–H groups in total. The minimum Gasteiger partial charge on any atom is -0.390 e. The number of ether oxygens (including phenoxy) is 1. The Morgan fingerprint density at radius 1 is 1.69 bits per heavy atom. The molecule has 1 unspecified atom stereocenters. The fourth-order valence-corrected chi connectivity index (χ4v) is 2.24. The fraction of sp³-hybridized carbons (Fsp3) is 0.625. The van der Waals surface area contributed by atoms with Gasteiger partial charge in [-0.3, -0.25) is 0 Å². The van der Waals surface area contributed by atoms with Crippen LogP contribution in [0, 0.1) is 0 Å². The van der Waals surface area contributed by atoms with Crippen molar-refractivity contribution in [2.75, 3.05) is 13.2 Å². The Balaban J connectivity index is 2.23. The van der Waals surface area contributed by atoms with Crippen molar-refractivity contribution in [3.05, 3.63) is 16.1 Å². The molecule has 4 nitrogen and oxygen atoms in total. The largest absolute Gasteiger partial charge is 0.390 e. The number of aliphatic hydroxyl groups is 2. The molecule has 0 aliphatic carbocycles. The molecular formula is C8H11NO3S. The Morgan fingerprint density at radius 2 is 2.54 bits per heavy atom. The second-order valence-corrected chi connectivity index (χ2v) is 3.99. The van der Waals surface area contributed by atoms with Crippen LogP contribution in [0.5, 0.6) is 0 Å². The fourth-order valence-electron chi connectivity index (χ4n) is 1.32. The number of hydrogen-bond donors (Lipinski definition) is 2. The van der Waals surface area contributed by atoms with Crippen molar-refractivity contribution in [3.8, 4) is 0 Å². The van der Waals surface area contributed by atoms with E-state index >= 15 is 0 Å². The molecule has 13 heavy (non-hydrogen) atoms. The maximum atomic E-state index is 10.0. The van der Waals surface area contributed by atoms with Crippen molar-refractivity contribution in [1.82, 2.24) is 4.98 Å². The Labute approximate surface area is 79.8 Å². The van der Waals surface area contributed by atoms with Gasteiger partial charge in [0.2, 0.25) is 0 Å². The van der Waals surface area contributed by atoms with Gasteiger partial charge in [-0.05, 0) is 0 Å². The van der Waals surface area contributed by atoms with Crippen molar-refractivity contribution < 1.29 is 14.9 Å². The molecule has 1 saturated heterocycles. The Bertz CT molecular complexity index is 293. The van der Waals surface area contributed by atoms with Gasteiger partial charge in [0, 0.05) is 18.4 Å². The maximum Gasteiger partial charge on any atom is 0.141 e. The third-order valence-electron chi connectivity index (χ3n) is 2.11. The van der Waals surface area contributed by atoms with E-state index in [1.54, 1.807) is 5.38 Å². The van der Waals surface area contributed by atoms with E-state index in [2.05, 4.69) is 4.98 Å². The second-order valence-electron chi connectivity index (χ2n) is 3.14. The molecule has 1 aliphatic heterocycles.